The summed E-state index contributed by atoms with van der Waals surface area (Å²) in [7, 11) is -0.691. The second-order valence-corrected chi connectivity index (χ2v) is 10.1. The summed E-state index contributed by atoms with van der Waals surface area (Å²) in [5.74, 6) is -0.672. The first-order valence-electron chi connectivity index (χ1n) is 10.9. The van der Waals surface area contributed by atoms with Crippen LogP contribution in [0.2, 0.25) is 0 Å². The van der Waals surface area contributed by atoms with E-state index in [1.54, 1.807) is 36.4 Å². The van der Waals surface area contributed by atoms with Gasteiger partial charge in [-0.1, -0.05) is 56.5 Å². The van der Waals surface area contributed by atoms with Gasteiger partial charge in [-0.3, -0.25) is 4.79 Å². The Morgan fingerprint density at radius 2 is 1.76 bits per heavy atom. The lowest BCUT2D eigenvalue weighted by Crippen LogP contribution is -2.26. The van der Waals surface area contributed by atoms with E-state index in [1.165, 1.54) is 30.9 Å². The molecule has 2 aromatic carbocycles. The molecule has 0 spiro atoms. The molecule has 8 nitrogen and oxygen atoms in total. The van der Waals surface area contributed by atoms with Gasteiger partial charge in [-0.05, 0) is 30.2 Å². The normalized spacial score (nSPS) is 11.8. The van der Waals surface area contributed by atoms with Crippen LogP contribution in [0.5, 0.6) is 0 Å². The molecule has 0 amide bonds. The van der Waals surface area contributed by atoms with Gasteiger partial charge in [0.2, 0.25) is 10.0 Å². The summed E-state index contributed by atoms with van der Waals surface area (Å²) < 4.78 is 32.6. The highest BCUT2D eigenvalue weighted by Gasteiger charge is 2.20. The summed E-state index contributed by atoms with van der Waals surface area (Å²) in [5, 5.41) is 5.16. The highest BCUT2D eigenvalue weighted by molar-refractivity contribution is 7.89. The van der Waals surface area contributed by atoms with Crippen molar-refractivity contribution in [2.24, 2.45) is 0 Å². The van der Waals surface area contributed by atoms with Crippen LogP contribution < -0.4 is 5.56 Å². The lowest BCUT2D eigenvalue weighted by molar-refractivity contribution is 0.0465. The van der Waals surface area contributed by atoms with Crippen molar-refractivity contribution in [2.45, 2.75) is 50.7 Å². The predicted octanol–water partition coefficient (Wildman–Crippen LogP) is 3.58. The quantitative estimate of drug-likeness (QED) is 0.331. The third-order valence-electron chi connectivity index (χ3n) is 5.33. The molecule has 0 unspecified atom stereocenters. The maximum atomic E-state index is 12.9. The third kappa shape index (κ3) is 5.66. The average molecular weight is 472 g/mol. The molecular formula is C24H29N3O5S. The number of aromatic nitrogens is 2. The van der Waals surface area contributed by atoms with E-state index in [9.17, 15) is 18.0 Å². The summed E-state index contributed by atoms with van der Waals surface area (Å²) in [6.07, 6.45) is 3.92. The SMILES string of the molecule is CCCCCCn1nc(C(=O)OCc2cccc(S(=O)(=O)N(C)C)c2)c2ccccc2c1=O. The fourth-order valence-electron chi connectivity index (χ4n) is 3.45. The van der Waals surface area contributed by atoms with Crippen molar-refractivity contribution in [2.75, 3.05) is 14.1 Å². The van der Waals surface area contributed by atoms with Crippen molar-refractivity contribution >= 4 is 26.8 Å². The molecule has 0 aliphatic carbocycles. The zero-order valence-electron chi connectivity index (χ0n) is 19.2. The zero-order valence-corrected chi connectivity index (χ0v) is 20.0. The number of carbonyl (C=O) groups is 1. The molecule has 1 heterocycles. The van der Waals surface area contributed by atoms with Crippen LogP contribution in [0.3, 0.4) is 0 Å². The molecule has 0 fully saturated rings. The number of hydrogen-bond acceptors (Lipinski definition) is 6. The Hall–Kier alpha value is -3.04. The lowest BCUT2D eigenvalue weighted by atomic mass is 10.1. The second kappa shape index (κ2) is 10.7. The highest BCUT2D eigenvalue weighted by atomic mass is 32.2. The van der Waals surface area contributed by atoms with E-state index in [0.717, 1.165) is 30.0 Å². The molecule has 9 heteroatoms. The van der Waals surface area contributed by atoms with E-state index in [-0.39, 0.29) is 22.8 Å². The minimum Gasteiger partial charge on any atom is -0.456 e. The van der Waals surface area contributed by atoms with Gasteiger partial charge in [0.15, 0.2) is 5.69 Å². The predicted molar refractivity (Wildman–Crippen MR) is 127 cm³/mol. The Balaban J connectivity index is 1.85. The number of unbranched alkanes of at least 4 members (excludes halogenated alkanes) is 3. The van der Waals surface area contributed by atoms with Gasteiger partial charge >= 0.3 is 5.97 Å². The van der Waals surface area contributed by atoms with Gasteiger partial charge in [0, 0.05) is 26.0 Å². The largest absolute Gasteiger partial charge is 0.456 e. The minimum absolute atomic E-state index is 0.0674. The van der Waals surface area contributed by atoms with E-state index in [2.05, 4.69) is 12.0 Å². The van der Waals surface area contributed by atoms with Crippen LogP contribution in [0.1, 0.15) is 48.7 Å². The Labute approximate surface area is 193 Å². The van der Waals surface area contributed by atoms with E-state index >= 15 is 0 Å². The molecule has 0 bridgehead atoms. The van der Waals surface area contributed by atoms with Crippen LogP contribution >= 0.6 is 0 Å². The Morgan fingerprint density at radius 3 is 2.45 bits per heavy atom. The van der Waals surface area contributed by atoms with Crippen LogP contribution in [0, 0.1) is 0 Å². The summed E-state index contributed by atoms with van der Waals surface area (Å²) in [4.78, 5) is 25.9. The molecule has 33 heavy (non-hydrogen) atoms. The highest BCUT2D eigenvalue weighted by Crippen LogP contribution is 2.18. The van der Waals surface area contributed by atoms with Crippen molar-refractivity contribution in [3.8, 4) is 0 Å². The zero-order chi connectivity index (χ0) is 24.0. The Bertz CT molecular complexity index is 1300. The molecule has 1 aromatic heterocycles. The molecule has 0 aliphatic rings. The third-order valence-corrected chi connectivity index (χ3v) is 7.14. The number of esters is 1. The number of nitrogens with zero attached hydrogens (tertiary/aromatic N) is 3. The van der Waals surface area contributed by atoms with Crippen LogP contribution in [0.25, 0.3) is 10.8 Å². The monoisotopic (exact) mass is 471 g/mol. The molecule has 0 aliphatic heterocycles. The first-order chi connectivity index (χ1) is 15.8. The summed E-state index contributed by atoms with van der Waals surface area (Å²) in [6.45, 7) is 2.41. The molecule has 0 N–H and O–H groups in total. The van der Waals surface area contributed by atoms with Crippen LogP contribution in [0.4, 0.5) is 0 Å². The molecule has 0 radical (unpaired) electrons. The number of hydrogen-bond donors (Lipinski definition) is 0. The van der Waals surface area contributed by atoms with Gasteiger partial charge in [0.25, 0.3) is 5.56 Å². The lowest BCUT2D eigenvalue weighted by Gasteiger charge is -2.13. The number of ether oxygens (including phenoxy) is 1. The van der Waals surface area contributed by atoms with Gasteiger partial charge in [0.1, 0.15) is 6.61 Å². The first kappa shape index (κ1) is 24.6. The van der Waals surface area contributed by atoms with E-state index < -0.39 is 16.0 Å². The topological polar surface area (TPSA) is 98.6 Å². The van der Waals surface area contributed by atoms with Crippen LogP contribution in [-0.4, -0.2) is 42.6 Å². The van der Waals surface area contributed by atoms with Gasteiger partial charge in [-0.2, -0.15) is 5.10 Å². The first-order valence-corrected chi connectivity index (χ1v) is 12.4. The van der Waals surface area contributed by atoms with Gasteiger partial charge in [-0.15, -0.1) is 0 Å². The van der Waals surface area contributed by atoms with E-state index in [1.807, 2.05) is 0 Å². The van der Waals surface area contributed by atoms with E-state index in [0.29, 0.717) is 22.9 Å². The van der Waals surface area contributed by atoms with Crippen LogP contribution in [-0.2, 0) is 27.9 Å². The van der Waals surface area contributed by atoms with Crippen molar-refractivity contribution in [3.05, 3.63) is 70.1 Å². The van der Waals surface area contributed by atoms with Gasteiger partial charge in [0.05, 0.1) is 10.3 Å². The molecule has 3 rings (SSSR count). The smallest absolute Gasteiger partial charge is 0.359 e. The number of fused-ring (bicyclic) bond motifs is 1. The molecular weight excluding hydrogens is 442 g/mol. The standard InChI is InChI=1S/C24H29N3O5S/c1-4-5-6-9-15-27-23(28)21-14-8-7-13-20(21)22(25-27)24(29)32-17-18-11-10-12-19(16-18)33(30,31)26(2)3/h7-8,10-14,16H,4-6,9,15,17H2,1-3H3. The molecule has 0 atom stereocenters. The Morgan fingerprint density at radius 1 is 1.03 bits per heavy atom. The van der Waals surface area contributed by atoms with Gasteiger partial charge in [-0.25, -0.2) is 22.2 Å². The maximum Gasteiger partial charge on any atom is 0.359 e. The molecule has 0 saturated carbocycles. The number of carbonyl (C=O) groups excluding carboxylic acids is 1. The number of rotatable bonds is 10. The summed E-state index contributed by atoms with van der Waals surface area (Å²) >= 11 is 0. The van der Waals surface area contributed by atoms with E-state index in [4.69, 9.17) is 4.74 Å². The second-order valence-electron chi connectivity index (χ2n) is 7.99. The fraction of sp³-hybridized carbons (Fsp3) is 0.375. The summed E-state index contributed by atoms with van der Waals surface area (Å²) in [6, 6.07) is 13.1. The molecule has 176 valence electrons. The number of benzene rings is 2. The van der Waals surface area contributed by atoms with Gasteiger partial charge < -0.3 is 4.74 Å². The average Bonchev–Trinajstić information content (AvgIpc) is 2.81. The van der Waals surface area contributed by atoms with Crippen molar-refractivity contribution in [3.63, 3.8) is 0 Å². The minimum atomic E-state index is -3.60. The van der Waals surface area contributed by atoms with Crippen LogP contribution in [0.15, 0.2) is 58.2 Å². The van der Waals surface area contributed by atoms with Crippen molar-refractivity contribution < 1.29 is 17.9 Å². The number of sulfonamides is 1. The maximum absolute atomic E-state index is 12.9. The summed E-state index contributed by atoms with van der Waals surface area (Å²) in [5.41, 5.74) is 0.362. The molecule has 3 aromatic rings. The van der Waals surface area contributed by atoms with Crippen molar-refractivity contribution in [1.29, 1.82) is 0 Å². The Kier molecular flexibility index (Phi) is 7.99. The number of aryl methyl sites for hydroxylation is 1. The fourth-order valence-corrected chi connectivity index (χ4v) is 4.42. The molecule has 0 saturated heterocycles. The van der Waals surface area contributed by atoms with Crippen molar-refractivity contribution in [1.82, 2.24) is 14.1 Å².